The molecular formula is C19H31N3O3. The van der Waals surface area contributed by atoms with E-state index in [1.165, 1.54) is 0 Å². The van der Waals surface area contributed by atoms with Gasteiger partial charge in [0.25, 0.3) is 0 Å². The molecule has 1 aromatic rings. The van der Waals surface area contributed by atoms with Gasteiger partial charge in [-0.15, -0.1) is 0 Å². The summed E-state index contributed by atoms with van der Waals surface area (Å²) in [6, 6.07) is 5.89. The van der Waals surface area contributed by atoms with E-state index in [9.17, 15) is 4.79 Å². The fourth-order valence-electron chi connectivity index (χ4n) is 3.01. The van der Waals surface area contributed by atoms with Crippen molar-refractivity contribution in [3.8, 4) is 11.5 Å². The maximum absolute atomic E-state index is 12.1. The number of rotatable bonds is 6. The van der Waals surface area contributed by atoms with Gasteiger partial charge < -0.3 is 14.8 Å². The van der Waals surface area contributed by atoms with Gasteiger partial charge in [-0.1, -0.05) is 0 Å². The van der Waals surface area contributed by atoms with Crippen molar-refractivity contribution >= 4 is 5.91 Å². The minimum atomic E-state index is -0.179. The molecule has 1 aromatic carbocycles. The van der Waals surface area contributed by atoms with E-state index in [1.807, 2.05) is 39.0 Å². The van der Waals surface area contributed by atoms with Crippen LogP contribution in [0.2, 0.25) is 0 Å². The molecule has 140 valence electrons. The Kier molecular flexibility index (Phi) is 6.67. The molecular weight excluding hydrogens is 318 g/mol. The molecule has 1 saturated heterocycles. The number of ether oxygens (including phenoxy) is 2. The first-order chi connectivity index (χ1) is 11.8. The van der Waals surface area contributed by atoms with Crippen molar-refractivity contribution in [2.45, 2.75) is 32.9 Å². The van der Waals surface area contributed by atoms with E-state index in [2.05, 4.69) is 15.1 Å². The number of carbonyl (C=O) groups excluding carboxylic acids is 1. The maximum atomic E-state index is 12.1. The highest BCUT2D eigenvalue weighted by Gasteiger charge is 2.22. The molecule has 1 fully saturated rings. The second-order valence-electron chi connectivity index (χ2n) is 7.53. The first-order valence-corrected chi connectivity index (χ1v) is 8.77. The van der Waals surface area contributed by atoms with Gasteiger partial charge in [0.15, 0.2) is 0 Å². The Labute approximate surface area is 151 Å². The number of nitrogens with zero attached hydrogens (tertiary/aromatic N) is 2. The molecule has 0 saturated carbocycles. The van der Waals surface area contributed by atoms with Crippen molar-refractivity contribution in [2.75, 3.05) is 46.9 Å². The van der Waals surface area contributed by atoms with Crippen molar-refractivity contribution in [3.63, 3.8) is 0 Å². The van der Waals surface area contributed by atoms with Crippen LogP contribution in [0.3, 0.4) is 0 Å². The van der Waals surface area contributed by atoms with Crippen LogP contribution >= 0.6 is 0 Å². The number of hydrogen-bond acceptors (Lipinski definition) is 5. The minimum Gasteiger partial charge on any atom is -0.497 e. The molecule has 0 atom stereocenters. The summed E-state index contributed by atoms with van der Waals surface area (Å²) in [7, 11) is 3.37. The topological polar surface area (TPSA) is 54.0 Å². The average Bonchev–Trinajstić information content (AvgIpc) is 2.54. The Bertz CT molecular complexity index is 576. The van der Waals surface area contributed by atoms with Crippen LogP contribution in [0.15, 0.2) is 18.2 Å². The number of carbonyl (C=O) groups is 1. The van der Waals surface area contributed by atoms with Gasteiger partial charge in [-0.05, 0) is 39.0 Å². The van der Waals surface area contributed by atoms with Crippen LogP contribution in [0.5, 0.6) is 11.5 Å². The highest BCUT2D eigenvalue weighted by Crippen LogP contribution is 2.25. The van der Waals surface area contributed by atoms with Crippen molar-refractivity contribution in [1.29, 1.82) is 0 Å². The summed E-state index contributed by atoms with van der Waals surface area (Å²) in [5.41, 5.74) is 0.947. The third kappa shape index (κ3) is 6.21. The van der Waals surface area contributed by atoms with E-state index < -0.39 is 0 Å². The molecule has 25 heavy (non-hydrogen) atoms. The molecule has 0 bridgehead atoms. The molecule has 2 rings (SSSR count). The number of methoxy groups -OCH3 is 2. The number of piperazine rings is 1. The third-order valence-corrected chi connectivity index (χ3v) is 4.23. The van der Waals surface area contributed by atoms with Gasteiger partial charge in [0, 0.05) is 43.8 Å². The van der Waals surface area contributed by atoms with Gasteiger partial charge in [-0.2, -0.15) is 0 Å². The van der Waals surface area contributed by atoms with Crippen molar-refractivity contribution < 1.29 is 14.3 Å². The predicted molar refractivity (Wildman–Crippen MR) is 99.2 cm³/mol. The van der Waals surface area contributed by atoms with Crippen LogP contribution in [0, 0.1) is 0 Å². The van der Waals surface area contributed by atoms with E-state index >= 15 is 0 Å². The molecule has 1 heterocycles. The molecule has 0 spiro atoms. The number of amides is 1. The monoisotopic (exact) mass is 349 g/mol. The van der Waals surface area contributed by atoms with Gasteiger partial charge in [0.05, 0.1) is 20.8 Å². The van der Waals surface area contributed by atoms with Crippen molar-refractivity contribution in [2.24, 2.45) is 0 Å². The van der Waals surface area contributed by atoms with Crippen LogP contribution < -0.4 is 14.8 Å². The molecule has 6 heteroatoms. The summed E-state index contributed by atoms with van der Waals surface area (Å²) in [6.07, 6.45) is 0. The van der Waals surface area contributed by atoms with Crippen molar-refractivity contribution in [1.82, 2.24) is 15.1 Å². The standard InChI is InChI=1S/C19H31N3O3/c1-19(2,3)20-18(23)14-22-10-8-21(9-11-22)13-15-12-16(24-4)6-7-17(15)25-5/h6-7,12H,8-11,13-14H2,1-5H3,(H,20,23). The van der Waals surface area contributed by atoms with Crippen LogP contribution in [-0.4, -0.2) is 68.2 Å². The minimum absolute atomic E-state index is 0.0930. The van der Waals surface area contributed by atoms with Gasteiger partial charge in [0.1, 0.15) is 11.5 Å². The first-order valence-electron chi connectivity index (χ1n) is 8.77. The fraction of sp³-hybridized carbons (Fsp3) is 0.632. The Morgan fingerprint density at radius 3 is 2.28 bits per heavy atom. The molecule has 1 N–H and O–H groups in total. The Morgan fingerprint density at radius 1 is 1.08 bits per heavy atom. The Morgan fingerprint density at radius 2 is 1.72 bits per heavy atom. The Balaban J connectivity index is 1.85. The highest BCUT2D eigenvalue weighted by molar-refractivity contribution is 5.78. The lowest BCUT2D eigenvalue weighted by Gasteiger charge is -2.35. The van der Waals surface area contributed by atoms with Crippen LogP contribution in [0.4, 0.5) is 0 Å². The van der Waals surface area contributed by atoms with E-state index in [0.717, 1.165) is 49.8 Å². The van der Waals surface area contributed by atoms with Crippen LogP contribution in [-0.2, 0) is 11.3 Å². The van der Waals surface area contributed by atoms with Gasteiger partial charge in [-0.25, -0.2) is 0 Å². The number of nitrogens with one attached hydrogen (secondary N) is 1. The SMILES string of the molecule is COc1ccc(OC)c(CN2CCN(CC(=O)NC(C)(C)C)CC2)c1. The smallest absolute Gasteiger partial charge is 0.234 e. The predicted octanol–water partition coefficient (Wildman–Crippen LogP) is 1.74. The number of benzene rings is 1. The summed E-state index contributed by atoms with van der Waals surface area (Å²) in [6.45, 7) is 11.0. The summed E-state index contributed by atoms with van der Waals surface area (Å²) in [5.74, 6) is 1.82. The van der Waals surface area contributed by atoms with E-state index in [1.54, 1.807) is 14.2 Å². The second-order valence-corrected chi connectivity index (χ2v) is 7.53. The number of hydrogen-bond donors (Lipinski definition) is 1. The lowest BCUT2D eigenvalue weighted by Crippen LogP contribution is -2.51. The fourth-order valence-corrected chi connectivity index (χ4v) is 3.01. The van der Waals surface area contributed by atoms with Crippen molar-refractivity contribution in [3.05, 3.63) is 23.8 Å². The largest absolute Gasteiger partial charge is 0.497 e. The molecule has 1 aliphatic heterocycles. The summed E-state index contributed by atoms with van der Waals surface area (Å²) in [5, 5.41) is 3.02. The van der Waals surface area contributed by atoms with Crippen LogP contribution in [0.25, 0.3) is 0 Å². The maximum Gasteiger partial charge on any atom is 0.234 e. The zero-order valence-corrected chi connectivity index (χ0v) is 16.1. The molecule has 6 nitrogen and oxygen atoms in total. The van der Waals surface area contributed by atoms with Gasteiger partial charge >= 0.3 is 0 Å². The third-order valence-electron chi connectivity index (χ3n) is 4.23. The van der Waals surface area contributed by atoms with Crippen LogP contribution in [0.1, 0.15) is 26.3 Å². The molecule has 0 aromatic heterocycles. The van der Waals surface area contributed by atoms with E-state index in [-0.39, 0.29) is 11.4 Å². The normalized spacial score (nSPS) is 16.5. The highest BCUT2D eigenvalue weighted by atomic mass is 16.5. The quantitative estimate of drug-likeness (QED) is 0.848. The van der Waals surface area contributed by atoms with Gasteiger partial charge in [-0.3, -0.25) is 14.6 Å². The molecule has 1 aliphatic rings. The molecule has 0 aliphatic carbocycles. The lowest BCUT2D eigenvalue weighted by molar-refractivity contribution is -0.124. The zero-order valence-electron chi connectivity index (χ0n) is 16.1. The first kappa shape index (κ1) is 19.5. The van der Waals surface area contributed by atoms with E-state index in [0.29, 0.717) is 6.54 Å². The summed E-state index contributed by atoms with van der Waals surface area (Å²) >= 11 is 0. The zero-order chi connectivity index (χ0) is 18.4. The van der Waals surface area contributed by atoms with E-state index in [4.69, 9.17) is 9.47 Å². The Hall–Kier alpha value is -1.79. The summed E-state index contributed by atoms with van der Waals surface area (Å²) in [4.78, 5) is 16.6. The molecule has 1 amide bonds. The molecule has 0 radical (unpaired) electrons. The summed E-state index contributed by atoms with van der Waals surface area (Å²) < 4.78 is 10.8. The molecule has 0 unspecified atom stereocenters. The average molecular weight is 349 g/mol. The second kappa shape index (κ2) is 8.54. The lowest BCUT2D eigenvalue weighted by atomic mass is 10.1. The van der Waals surface area contributed by atoms with Gasteiger partial charge in [0.2, 0.25) is 5.91 Å².